The van der Waals surface area contributed by atoms with Crippen molar-refractivity contribution in [3.63, 3.8) is 0 Å². The summed E-state index contributed by atoms with van der Waals surface area (Å²) in [4.78, 5) is 13.4. The van der Waals surface area contributed by atoms with E-state index in [9.17, 15) is 9.18 Å². The molecule has 0 aliphatic carbocycles. The summed E-state index contributed by atoms with van der Waals surface area (Å²) in [5, 5.41) is 3.42. The third kappa shape index (κ3) is 2.55. The summed E-state index contributed by atoms with van der Waals surface area (Å²) in [6.07, 6.45) is 2.43. The Hall–Kier alpha value is -1.46. The first-order valence-electron chi connectivity index (χ1n) is 7.18. The van der Waals surface area contributed by atoms with Gasteiger partial charge in [0.2, 0.25) is 5.91 Å². The predicted molar refractivity (Wildman–Crippen MR) is 74.7 cm³/mol. The van der Waals surface area contributed by atoms with Crippen LogP contribution in [0, 0.1) is 11.7 Å². The Labute approximate surface area is 118 Å². The molecule has 4 nitrogen and oxygen atoms in total. The van der Waals surface area contributed by atoms with Gasteiger partial charge in [-0.2, -0.15) is 0 Å². The number of piperidine rings is 1. The summed E-state index contributed by atoms with van der Waals surface area (Å²) in [5.74, 6) is -0.237. The lowest BCUT2D eigenvalue weighted by atomic mass is 9.91. The highest BCUT2D eigenvalue weighted by Gasteiger charge is 2.34. The molecule has 2 fully saturated rings. The fourth-order valence-electron chi connectivity index (χ4n) is 3.41. The molecule has 0 saturated carbocycles. The van der Waals surface area contributed by atoms with Crippen LogP contribution in [0.15, 0.2) is 18.2 Å². The van der Waals surface area contributed by atoms with Crippen LogP contribution in [0.5, 0.6) is 0 Å². The number of benzene rings is 1. The molecular weight excluding hydrogens is 257 g/mol. The molecule has 2 atom stereocenters. The minimum Gasteiger partial charge on any atom is -0.366 e. The average Bonchev–Trinajstić information content (AvgIpc) is 2.90. The van der Waals surface area contributed by atoms with Gasteiger partial charge in [0.15, 0.2) is 0 Å². The van der Waals surface area contributed by atoms with Gasteiger partial charge in [0.25, 0.3) is 0 Å². The van der Waals surface area contributed by atoms with Crippen LogP contribution < -0.4 is 11.1 Å². The van der Waals surface area contributed by atoms with Gasteiger partial charge in [-0.1, -0.05) is 6.07 Å². The average molecular weight is 277 g/mol. The molecule has 1 aromatic carbocycles. The second-order valence-electron chi connectivity index (χ2n) is 5.77. The normalized spacial score (nSPS) is 26.4. The topological polar surface area (TPSA) is 58.4 Å². The van der Waals surface area contributed by atoms with Gasteiger partial charge < -0.3 is 11.1 Å². The van der Waals surface area contributed by atoms with E-state index in [0.29, 0.717) is 24.1 Å². The summed E-state index contributed by atoms with van der Waals surface area (Å²) in [6.45, 7) is 3.68. The highest BCUT2D eigenvalue weighted by molar-refractivity contribution is 5.92. The molecule has 2 aliphatic rings. The second kappa shape index (κ2) is 5.50. The molecule has 3 rings (SSSR count). The van der Waals surface area contributed by atoms with Crippen LogP contribution in [-0.4, -0.2) is 36.5 Å². The molecule has 1 amide bonds. The molecule has 0 bridgehead atoms. The highest BCUT2D eigenvalue weighted by atomic mass is 19.1. The van der Waals surface area contributed by atoms with Crippen molar-refractivity contribution < 1.29 is 9.18 Å². The molecule has 2 heterocycles. The molecule has 0 spiro atoms. The van der Waals surface area contributed by atoms with E-state index in [1.165, 1.54) is 18.9 Å². The molecular formula is C15H20FN3O. The maximum absolute atomic E-state index is 14.1. The number of primary amides is 1. The number of nitrogens with one attached hydrogen (secondary N) is 1. The van der Waals surface area contributed by atoms with Crippen LogP contribution in [0.2, 0.25) is 0 Å². The van der Waals surface area contributed by atoms with Gasteiger partial charge in [-0.25, -0.2) is 4.39 Å². The Morgan fingerprint density at radius 3 is 3.05 bits per heavy atom. The number of halogens is 1. The second-order valence-corrected chi connectivity index (χ2v) is 5.77. The number of hydrogen-bond acceptors (Lipinski definition) is 3. The van der Waals surface area contributed by atoms with Crippen molar-refractivity contribution in [3.05, 3.63) is 35.1 Å². The lowest BCUT2D eigenvalue weighted by Gasteiger charge is -2.37. The van der Waals surface area contributed by atoms with Crippen LogP contribution in [0.1, 0.15) is 28.8 Å². The molecule has 5 heteroatoms. The van der Waals surface area contributed by atoms with Gasteiger partial charge in [0.05, 0.1) is 0 Å². The molecule has 0 radical (unpaired) electrons. The number of nitrogens with zero attached hydrogens (tertiary/aromatic N) is 1. The van der Waals surface area contributed by atoms with Crippen LogP contribution >= 0.6 is 0 Å². The van der Waals surface area contributed by atoms with Crippen LogP contribution in [0.25, 0.3) is 0 Å². The van der Waals surface area contributed by atoms with E-state index < -0.39 is 5.91 Å². The number of hydrogen-bond donors (Lipinski definition) is 2. The Morgan fingerprint density at radius 2 is 2.30 bits per heavy atom. The molecule has 2 aliphatic heterocycles. The monoisotopic (exact) mass is 277 g/mol. The molecule has 20 heavy (non-hydrogen) atoms. The zero-order valence-corrected chi connectivity index (χ0v) is 11.4. The lowest BCUT2D eigenvalue weighted by Crippen LogP contribution is -2.44. The standard InChI is InChI=1S/C15H20FN3O/c16-13-6-10(15(17)20)3-4-12(13)9-19-5-1-2-11-7-18-8-14(11)19/h3-4,6,11,14,18H,1-2,5,7-9H2,(H2,17,20). The zero-order valence-electron chi connectivity index (χ0n) is 11.4. The fourth-order valence-corrected chi connectivity index (χ4v) is 3.41. The molecule has 1 aromatic rings. The van der Waals surface area contributed by atoms with E-state index in [4.69, 9.17) is 5.73 Å². The Morgan fingerprint density at radius 1 is 1.45 bits per heavy atom. The number of carbonyl (C=O) groups is 1. The van der Waals surface area contributed by atoms with E-state index in [2.05, 4.69) is 10.2 Å². The lowest BCUT2D eigenvalue weighted by molar-refractivity contribution is 0.0999. The van der Waals surface area contributed by atoms with E-state index in [0.717, 1.165) is 19.6 Å². The van der Waals surface area contributed by atoms with E-state index >= 15 is 0 Å². The van der Waals surface area contributed by atoms with Gasteiger partial charge in [-0.3, -0.25) is 9.69 Å². The zero-order chi connectivity index (χ0) is 14.1. The van der Waals surface area contributed by atoms with Gasteiger partial charge in [-0.15, -0.1) is 0 Å². The first-order chi connectivity index (χ1) is 9.65. The number of carbonyl (C=O) groups excluding carboxylic acids is 1. The fraction of sp³-hybridized carbons (Fsp3) is 0.533. The number of rotatable bonds is 3. The third-order valence-corrected chi connectivity index (χ3v) is 4.50. The summed E-state index contributed by atoms with van der Waals surface area (Å²) in [7, 11) is 0. The van der Waals surface area contributed by atoms with Crippen molar-refractivity contribution in [2.24, 2.45) is 11.7 Å². The van der Waals surface area contributed by atoms with Crippen LogP contribution in [0.4, 0.5) is 4.39 Å². The summed E-state index contributed by atoms with van der Waals surface area (Å²) >= 11 is 0. The van der Waals surface area contributed by atoms with Crippen molar-refractivity contribution in [1.82, 2.24) is 10.2 Å². The molecule has 2 unspecified atom stereocenters. The van der Waals surface area contributed by atoms with Gasteiger partial charge in [0.1, 0.15) is 5.82 Å². The highest BCUT2D eigenvalue weighted by Crippen LogP contribution is 2.28. The Bertz CT molecular complexity index is 520. The SMILES string of the molecule is NC(=O)c1ccc(CN2CCCC3CNCC32)c(F)c1. The molecule has 2 saturated heterocycles. The third-order valence-electron chi connectivity index (χ3n) is 4.50. The predicted octanol–water partition coefficient (Wildman–Crippen LogP) is 1.11. The van der Waals surface area contributed by atoms with Gasteiger partial charge >= 0.3 is 0 Å². The first kappa shape index (κ1) is 13.5. The first-order valence-corrected chi connectivity index (χ1v) is 7.18. The number of likely N-dealkylation sites (tertiary alicyclic amines) is 1. The largest absolute Gasteiger partial charge is 0.366 e. The quantitative estimate of drug-likeness (QED) is 0.870. The summed E-state index contributed by atoms with van der Waals surface area (Å²) in [6, 6.07) is 5.04. The Balaban J connectivity index is 1.75. The van der Waals surface area contributed by atoms with Crippen molar-refractivity contribution in [1.29, 1.82) is 0 Å². The maximum atomic E-state index is 14.1. The van der Waals surface area contributed by atoms with Crippen LogP contribution in [0.3, 0.4) is 0 Å². The number of nitrogens with two attached hydrogens (primary N) is 1. The van der Waals surface area contributed by atoms with Crippen LogP contribution in [-0.2, 0) is 6.54 Å². The Kier molecular flexibility index (Phi) is 3.72. The van der Waals surface area contributed by atoms with Gasteiger partial charge in [-0.05, 0) is 44.0 Å². The number of amides is 1. The van der Waals surface area contributed by atoms with Crippen molar-refractivity contribution in [3.8, 4) is 0 Å². The summed E-state index contributed by atoms with van der Waals surface area (Å²) < 4.78 is 14.1. The summed E-state index contributed by atoms with van der Waals surface area (Å²) in [5.41, 5.74) is 6.03. The van der Waals surface area contributed by atoms with Crippen molar-refractivity contribution >= 4 is 5.91 Å². The van der Waals surface area contributed by atoms with Crippen molar-refractivity contribution in [2.45, 2.75) is 25.4 Å². The maximum Gasteiger partial charge on any atom is 0.248 e. The molecule has 0 aromatic heterocycles. The minimum absolute atomic E-state index is 0.227. The minimum atomic E-state index is -0.589. The van der Waals surface area contributed by atoms with Gasteiger partial charge in [0, 0.05) is 30.3 Å². The smallest absolute Gasteiger partial charge is 0.248 e. The molecule has 108 valence electrons. The van der Waals surface area contributed by atoms with E-state index in [1.807, 2.05) is 0 Å². The van der Waals surface area contributed by atoms with Crippen molar-refractivity contribution in [2.75, 3.05) is 19.6 Å². The number of fused-ring (bicyclic) bond motifs is 1. The van der Waals surface area contributed by atoms with E-state index in [1.54, 1.807) is 12.1 Å². The molecule has 3 N–H and O–H groups in total. The van der Waals surface area contributed by atoms with E-state index in [-0.39, 0.29) is 11.4 Å².